The third-order valence-corrected chi connectivity index (χ3v) is 4.78. The molecular formula is C21H28BrNO2. The molecule has 3 nitrogen and oxygen atoms in total. The van der Waals surface area contributed by atoms with Crippen LogP contribution in [0.5, 0.6) is 5.75 Å². The van der Waals surface area contributed by atoms with Gasteiger partial charge in [0.2, 0.25) is 0 Å². The van der Waals surface area contributed by atoms with E-state index in [1.807, 2.05) is 30.3 Å². The third kappa shape index (κ3) is 6.14. The number of rotatable bonds is 9. The van der Waals surface area contributed by atoms with Crippen LogP contribution >= 0.6 is 15.9 Å². The van der Waals surface area contributed by atoms with Gasteiger partial charge >= 0.3 is 0 Å². The van der Waals surface area contributed by atoms with Crippen molar-refractivity contribution in [2.45, 2.75) is 45.3 Å². The lowest BCUT2D eigenvalue weighted by atomic mass is 10.0. The quantitative estimate of drug-likeness (QED) is 0.612. The van der Waals surface area contributed by atoms with E-state index >= 15 is 0 Å². The average Bonchev–Trinajstić information content (AvgIpc) is 2.62. The summed E-state index contributed by atoms with van der Waals surface area (Å²) in [6.45, 7) is 7.21. The van der Waals surface area contributed by atoms with Crippen molar-refractivity contribution in [1.82, 2.24) is 5.32 Å². The van der Waals surface area contributed by atoms with E-state index in [1.54, 1.807) is 0 Å². The predicted octanol–water partition coefficient (Wildman–Crippen LogP) is 5.05. The van der Waals surface area contributed by atoms with Crippen LogP contribution in [0.25, 0.3) is 0 Å². The molecule has 0 aliphatic rings. The Kier molecular flexibility index (Phi) is 7.94. The van der Waals surface area contributed by atoms with Crippen LogP contribution in [0.4, 0.5) is 0 Å². The first-order chi connectivity index (χ1) is 12.0. The highest BCUT2D eigenvalue weighted by molar-refractivity contribution is 9.10. The molecule has 0 aromatic heterocycles. The minimum absolute atomic E-state index is 0.228. The van der Waals surface area contributed by atoms with Gasteiger partial charge in [0.1, 0.15) is 18.5 Å². The van der Waals surface area contributed by atoms with Gasteiger partial charge in [-0.1, -0.05) is 67.0 Å². The van der Waals surface area contributed by atoms with E-state index in [4.69, 9.17) is 4.74 Å². The highest BCUT2D eigenvalue weighted by Crippen LogP contribution is 2.26. The molecule has 4 heteroatoms. The molecule has 0 bridgehead atoms. The van der Waals surface area contributed by atoms with Crippen molar-refractivity contribution in [1.29, 1.82) is 0 Å². The number of ether oxygens (including phenoxy) is 1. The molecule has 0 fully saturated rings. The Morgan fingerprint density at radius 2 is 1.76 bits per heavy atom. The molecule has 0 radical (unpaired) electrons. The number of hydrogen-bond donors (Lipinski definition) is 2. The van der Waals surface area contributed by atoms with E-state index in [1.165, 1.54) is 11.1 Å². The number of aliphatic hydroxyl groups is 1. The van der Waals surface area contributed by atoms with Crippen LogP contribution in [-0.4, -0.2) is 24.4 Å². The molecule has 0 spiro atoms. The van der Waals surface area contributed by atoms with Gasteiger partial charge in [0.05, 0.1) is 0 Å². The molecule has 2 rings (SSSR count). The molecule has 2 N–H and O–H groups in total. The maximum absolute atomic E-state index is 10.3. The molecule has 25 heavy (non-hydrogen) atoms. The Hall–Kier alpha value is -1.36. The fourth-order valence-corrected chi connectivity index (χ4v) is 3.07. The van der Waals surface area contributed by atoms with E-state index in [9.17, 15) is 5.11 Å². The lowest BCUT2D eigenvalue weighted by Gasteiger charge is -2.21. The predicted molar refractivity (Wildman–Crippen MR) is 107 cm³/mol. The summed E-state index contributed by atoms with van der Waals surface area (Å²) >= 11 is 3.46. The highest BCUT2D eigenvalue weighted by Gasteiger charge is 2.13. The molecule has 2 aromatic carbocycles. The van der Waals surface area contributed by atoms with E-state index in [0.29, 0.717) is 12.5 Å². The number of halogens is 1. The van der Waals surface area contributed by atoms with Gasteiger partial charge in [-0.15, -0.1) is 0 Å². The van der Waals surface area contributed by atoms with Gasteiger partial charge in [-0.2, -0.15) is 0 Å². The van der Waals surface area contributed by atoms with Crippen LogP contribution in [0.1, 0.15) is 50.3 Å². The maximum atomic E-state index is 10.3. The van der Waals surface area contributed by atoms with Crippen molar-refractivity contribution < 1.29 is 9.84 Å². The lowest BCUT2D eigenvalue weighted by Crippen LogP contribution is -2.33. The van der Waals surface area contributed by atoms with Gasteiger partial charge in [-0.3, -0.25) is 0 Å². The second kappa shape index (κ2) is 9.95. The summed E-state index contributed by atoms with van der Waals surface area (Å²) in [6, 6.07) is 16.5. The summed E-state index contributed by atoms with van der Waals surface area (Å²) in [5, 5.41) is 13.7. The van der Waals surface area contributed by atoms with Crippen LogP contribution in [0.15, 0.2) is 53.0 Å². The summed E-state index contributed by atoms with van der Waals surface area (Å²) in [4.78, 5) is 0. The molecular weight excluding hydrogens is 378 g/mol. The third-order valence-electron chi connectivity index (χ3n) is 4.25. The van der Waals surface area contributed by atoms with Crippen LogP contribution in [-0.2, 0) is 0 Å². The standard InChI is InChI=1S/C21H28BrNO2/c1-4-20(16-9-11-17(22)12-10-16)23-13-18(24)14-25-21-8-6-5-7-19(21)15(2)3/h5-12,15,18,20,23-24H,4,13-14H2,1-3H3/t18-,20-/m0/s1. The van der Waals surface area contributed by atoms with Gasteiger partial charge in [-0.25, -0.2) is 0 Å². The van der Waals surface area contributed by atoms with Crippen molar-refractivity contribution in [2.75, 3.05) is 13.2 Å². The normalized spacial score (nSPS) is 13.7. The zero-order chi connectivity index (χ0) is 18.2. The fourth-order valence-electron chi connectivity index (χ4n) is 2.81. The first-order valence-electron chi connectivity index (χ1n) is 8.89. The number of para-hydroxylation sites is 1. The molecule has 0 amide bonds. The number of benzene rings is 2. The van der Waals surface area contributed by atoms with E-state index in [-0.39, 0.29) is 12.6 Å². The van der Waals surface area contributed by atoms with Gasteiger partial charge < -0.3 is 15.2 Å². The summed E-state index contributed by atoms with van der Waals surface area (Å²) in [7, 11) is 0. The van der Waals surface area contributed by atoms with Crippen molar-refractivity contribution in [3.8, 4) is 5.75 Å². The smallest absolute Gasteiger partial charge is 0.122 e. The first-order valence-corrected chi connectivity index (χ1v) is 9.69. The second-order valence-electron chi connectivity index (χ2n) is 6.58. The molecule has 0 aliphatic carbocycles. The molecule has 2 aromatic rings. The number of hydrogen-bond acceptors (Lipinski definition) is 3. The van der Waals surface area contributed by atoms with Gasteiger partial charge in [-0.05, 0) is 41.7 Å². The van der Waals surface area contributed by atoms with Crippen LogP contribution in [0.2, 0.25) is 0 Å². The highest BCUT2D eigenvalue weighted by atomic mass is 79.9. The SMILES string of the molecule is CC[C@H](NC[C@H](O)COc1ccccc1C(C)C)c1ccc(Br)cc1. The summed E-state index contributed by atoms with van der Waals surface area (Å²) in [5.41, 5.74) is 2.40. The zero-order valence-electron chi connectivity index (χ0n) is 15.2. The monoisotopic (exact) mass is 405 g/mol. The van der Waals surface area contributed by atoms with Crippen LogP contribution in [0, 0.1) is 0 Å². The van der Waals surface area contributed by atoms with E-state index in [2.05, 4.69) is 60.2 Å². The van der Waals surface area contributed by atoms with Crippen molar-refractivity contribution >= 4 is 15.9 Å². The van der Waals surface area contributed by atoms with Gasteiger partial charge in [0, 0.05) is 17.1 Å². The molecule has 136 valence electrons. The van der Waals surface area contributed by atoms with Crippen LogP contribution < -0.4 is 10.1 Å². The summed E-state index contributed by atoms with van der Waals surface area (Å²) in [5.74, 6) is 1.25. The Morgan fingerprint density at radius 1 is 1.08 bits per heavy atom. The number of aliphatic hydroxyl groups excluding tert-OH is 1. The minimum atomic E-state index is -0.551. The lowest BCUT2D eigenvalue weighted by molar-refractivity contribution is 0.103. The molecule has 0 aliphatic heterocycles. The molecule has 0 unspecified atom stereocenters. The minimum Gasteiger partial charge on any atom is -0.491 e. The second-order valence-corrected chi connectivity index (χ2v) is 7.49. The van der Waals surface area contributed by atoms with E-state index in [0.717, 1.165) is 16.6 Å². The van der Waals surface area contributed by atoms with E-state index < -0.39 is 6.10 Å². The Bertz CT molecular complexity index is 643. The average molecular weight is 406 g/mol. The Balaban J connectivity index is 1.85. The summed E-state index contributed by atoms with van der Waals surface area (Å²) in [6.07, 6.45) is 0.412. The Morgan fingerprint density at radius 3 is 2.40 bits per heavy atom. The zero-order valence-corrected chi connectivity index (χ0v) is 16.8. The molecule has 0 heterocycles. The molecule has 2 atom stereocenters. The largest absolute Gasteiger partial charge is 0.491 e. The molecule has 0 saturated carbocycles. The summed E-state index contributed by atoms with van der Waals surface area (Å²) < 4.78 is 6.92. The van der Waals surface area contributed by atoms with Crippen molar-refractivity contribution in [3.63, 3.8) is 0 Å². The number of nitrogens with one attached hydrogen (secondary N) is 1. The van der Waals surface area contributed by atoms with Crippen molar-refractivity contribution in [2.24, 2.45) is 0 Å². The Labute approximate surface area is 159 Å². The fraction of sp³-hybridized carbons (Fsp3) is 0.429. The first kappa shape index (κ1) is 20.0. The van der Waals surface area contributed by atoms with Gasteiger partial charge in [0.25, 0.3) is 0 Å². The topological polar surface area (TPSA) is 41.5 Å². The molecule has 0 saturated heterocycles. The van der Waals surface area contributed by atoms with Crippen molar-refractivity contribution in [3.05, 3.63) is 64.1 Å². The maximum Gasteiger partial charge on any atom is 0.122 e. The van der Waals surface area contributed by atoms with Crippen LogP contribution in [0.3, 0.4) is 0 Å². The van der Waals surface area contributed by atoms with Gasteiger partial charge in [0.15, 0.2) is 0 Å².